The van der Waals surface area contributed by atoms with Gasteiger partial charge in [0.1, 0.15) is 0 Å². The second-order valence-corrected chi connectivity index (χ2v) is 5.18. The van der Waals surface area contributed by atoms with Crippen molar-refractivity contribution in [3.8, 4) is 5.69 Å². The molecular formula is C16H18N3+. The van der Waals surface area contributed by atoms with Crippen molar-refractivity contribution in [3.63, 3.8) is 0 Å². The minimum atomic E-state index is 1.03. The number of nitrogens with zero attached hydrogens (tertiary/aromatic N) is 3. The Morgan fingerprint density at radius 1 is 1.00 bits per heavy atom. The third-order valence-electron chi connectivity index (χ3n) is 3.55. The molecule has 0 aliphatic carbocycles. The standard InChI is InChI=1S/C16H18N3/c1-11-7-12(2)19(13(3)8-11)14-5-6-16-15(9-14)17-10-18(16)4/h5-10H,1-4H3/q+1. The van der Waals surface area contributed by atoms with Gasteiger partial charge in [0.15, 0.2) is 11.4 Å². The Morgan fingerprint density at radius 2 is 1.68 bits per heavy atom. The lowest BCUT2D eigenvalue weighted by Gasteiger charge is -2.05. The molecule has 3 aromatic rings. The fourth-order valence-electron chi connectivity index (χ4n) is 2.78. The van der Waals surface area contributed by atoms with Crippen molar-refractivity contribution >= 4 is 11.0 Å². The van der Waals surface area contributed by atoms with Gasteiger partial charge in [-0.25, -0.2) is 4.98 Å². The number of imidazole rings is 1. The van der Waals surface area contributed by atoms with Crippen molar-refractivity contribution in [2.24, 2.45) is 7.05 Å². The molecule has 0 N–H and O–H groups in total. The molecule has 0 fully saturated rings. The number of rotatable bonds is 1. The van der Waals surface area contributed by atoms with Gasteiger partial charge in [-0.05, 0) is 18.6 Å². The SMILES string of the molecule is Cc1cc(C)[n+](-c2ccc3c(c2)ncn3C)c(C)c1. The van der Waals surface area contributed by atoms with Crippen LogP contribution in [0.25, 0.3) is 16.7 Å². The summed E-state index contributed by atoms with van der Waals surface area (Å²) in [4.78, 5) is 4.43. The van der Waals surface area contributed by atoms with Gasteiger partial charge < -0.3 is 4.57 Å². The van der Waals surface area contributed by atoms with Crippen LogP contribution in [0, 0.1) is 20.8 Å². The first-order chi connectivity index (χ1) is 9.06. The maximum atomic E-state index is 4.43. The van der Waals surface area contributed by atoms with Crippen LogP contribution in [-0.2, 0) is 7.05 Å². The monoisotopic (exact) mass is 252 g/mol. The summed E-state index contributed by atoms with van der Waals surface area (Å²) in [5.41, 5.74) is 7.14. The first kappa shape index (κ1) is 11.9. The van der Waals surface area contributed by atoms with Gasteiger partial charge >= 0.3 is 0 Å². The normalized spacial score (nSPS) is 11.2. The number of aryl methyl sites for hydroxylation is 4. The fourth-order valence-corrected chi connectivity index (χ4v) is 2.78. The molecule has 0 radical (unpaired) electrons. The number of fused-ring (bicyclic) bond motifs is 1. The second-order valence-electron chi connectivity index (χ2n) is 5.18. The summed E-state index contributed by atoms with van der Waals surface area (Å²) in [5.74, 6) is 0. The van der Waals surface area contributed by atoms with Crippen LogP contribution in [0.2, 0.25) is 0 Å². The zero-order valence-electron chi connectivity index (χ0n) is 11.8. The maximum Gasteiger partial charge on any atom is 0.213 e. The van der Waals surface area contributed by atoms with Crippen LogP contribution in [-0.4, -0.2) is 9.55 Å². The largest absolute Gasteiger partial charge is 0.334 e. The van der Waals surface area contributed by atoms with E-state index in [0.29, 0.717) is 0 Å². The molecule has 3 heteroatoms. The Morgan fingerprint density at radius 3 is 2.37 bits per heavy atom. The van der Waals surface area contributed by atoms with E-state index >= 15 is 0 Å². The molecule has 19 heavy (non-hydrogen) atoms. The van der Waals surface area contributed by atoms with E-state index in [-0.39, 0.29) is 0 Å². The lowest BCUT2D eigenvalue weighted by molar-refractivity contribution is -0.609. The van der Waals surface area contributed by atoms with Gasteiger partial charge in [-0.1, -0.05) is 0 Å². The number of benzene rings is 1. The summed E-state index contributed by atoms with van der Waals surface area (Å²) >= 11 is 0. The van der Waals surface area contributed by atoms with Gasteiger partial charge in [0.2, 0.25) is 5.69 Å². The van der Waals surface area contributed by atoms with Gasteiger partial charge in [-0.15, -0.1) is 0 Å². The Bertz CT molecular complexity index is 746. The predicted octanol–water partition coefficient (Wildman–Crippen LogP) is 2.78. The lowest BCUT2D eigenvalue weighted by Crippen LogP contribution is -2.37. The van der Waals surface area contributed by atoms with E-state index in [2.05, 4.69) is 60.7 Å². The zero-order chi connectivity index (χ0) is 13.6. The quantitative estimate of drug-likeness (QED) is 0.610. The molecule has 0 unspecified atom stereocenters. The Labute approximate surface area is 113 Å². The molecule has 1 aromatic carbocycles. The summed E-state index contributed by atoms with van der Waals surface area (Å²) < 4.78 is 4.31. The summed E-state index contributed by atoms with van der Waals surface area (Å²) in [6, 6.07) is 10.8. The molecule has 2 aromatic heterocycles. The predicted molar refractivity (Wildman–Crippen MR) is 76.5 cm³/mol. The van der Waals surface area contributed by atoms with Crippen LogP contribution in [0.4, 0.5) is 0 Å². The van der Waals surface area contributed by atoms with Crippen LogP contribution >= 0.6 is 0 Å². The molecule has 0 atom stereocenters. The number of hydrogen-bond acceptors (Lipinski definition) is 1. The van der Waals surface area contributed by atoms with Crippen molar-refractivity contribution in [1.82, 2.24) is 9.55 Å². The smallest absolute Gasteiger partial charge is 0.213 e. The Kier molecular flexibility index (Phi) is 2.63. The van der Waals surface area contributed by atoms with E-state index in [1.54, 1.807) is 0 Å². The highest BCUT2D eigenvalue weighted by Gasteiger charge is 2.16. The van der Waals surface area contributed by atoms with Gasteiger partial charge in [0.25, 0.3) is 0 Å². The Balaban J connectivity index is 2.24. The molecule has 0 aliphatic rings. The average Bonchev–Trinajstić information content (AvgIpc) is 2.69. The van der Waals surface area contributed by atoms with Gasteiger partial charge in [0.05, 0.1) is 17.4 Å². The topological polar surface area (TPSA) is 21.7 Å². The third-order valence-corrected chi connectivity index (χ3v) is 3.55. The molecule has 2 heterocycles. The van der Waals surface area contributed by atoms with Gasteiger partial charge in [-0.3, -0.25) is 0 Å². The Hall–Kier alpha value is -2.16. The van der Waals surface area contributed by atoms with Crippen molar-refractivity contribution in [2.45, 2.75) is 20.8 Å². The van der Waals surface area contributed by atoms with Crippen molar-refractivity contribution in [2.75, 3.05) is 0 Å². The van der Waals surface area contributed by atoms with E-state index in [1.165, 1.54) is 22.6 Å². The van der Waals surface area contributed by atoms with Gasteiger partial charge in [-0.2, -0.15) is 4.57 Å². The van der Waals surface area contributed by atoms with Crippen molar-refractivity contribution in [1.29, 1.82) is 0 Å². The van der Waals surface area contributed by atoms with E-state index in [4.69, 9.17) is 0 Å². The summed E-state index contributed by atoms with van der Waals surface area (Å²) in [7, 11) is 2.02. The van der Waals surface area contributed by atoms with E-state index in [0.717, 1.165) is 11.0 Å². The molecule has 0 amide bonds. The minimum Gasteiger partial charge on any atom is -0.334 e. The van der Waals surface area contributed by atoms with Gasteiger partial charge in [0, 0.05) is 45.2 Å². The first-order valence-corrected chi connectivity index (χ1v) is 6.47. The van der Waals surface area contributed by atoms with Crippen LogP contribution in [0.3, 0.4) is 0 Å². The first-order valence-electron chi connectivity index (χ1n) is 6.47. The average molecular weight is 252 g/mol. The van der Waals surface area contributed by atoms with Crippen LogP contribution in [0.1, 0.15) is 17.0 Å². The molecule has 0 bridgehead atoms. The highest BCUT2D eigenvalue weighted by molar-refractivity contribution is 5.76. The molecule has 3 nitrogen and oxygen atoms in total. The highest BCUT2D eigenvalue weighted by Crippen LogP contribution is 2.15. The summed E-state index contributed by atoms with van der Waals surface area (Å²) in [5, 5.41) is 0. The minimum absolute atomic E-state index is 1.03. The van der Waals surface area contributed by atoms with Crippen molar-refractivity contribution in [3.05, 3.63) is 53.6 Å². The second kappa shape index (κ2) is 4.19. The molecule has 0 saturated heterocycles. The summed E-state index contributed by atoms with van der Waals surface area (Å²) in [6.07, 6.45) is 1.86. The number of hydrogen-bond donors (Lipinski definition) is 0. The van der Waals surface area contributed by atoms with Crippen LogP contribution in [0.15, 0.2) is 36.7 Å². The van der Waals surface area contributed by atoms with Crippen molar-refractivity contribution < 1.29 is 4.57 Å². The zero-order valence-corrected chi connectivity index (χ0v) is 11.8. The maximum absolute atomic E-state index is 4.43. The molecule has 0 saturated carbocycles. The number of pyridine rings is 1. The summed E-state index contributed by atoms with van der Waals surface area (Å²) in [6.45, 7) is 6.41. The van der Waals surface area contributed by atoms with E-state index in [1.807, 2.05) is 17.9 Å². The number of aromatic nitrogens is 3. The molecule has 0 spiro atoms. The molecule has 96 valence electrons. The lowest BCUT2D eigenvalue weighted by atomic mass is 10.2. The molecule has 3 rings (SSSR count). The van der Waals surface area contributed by atoms with Crippen LogP contribution < -0.4 is 4.57 Å². The molecule has 0 aliphatic heterocycles. The third kappa shape index (κ3) is 1.91. The van der Waals surface area contributed by atoms with Crippen LogP contribution in [0.5, 0.6) is 0 Å². The fraction of sp³-hybridized carbons (Fsp3) is 0.250. The molecular weight excluding hydrogens is 234 g/mol. The van der Waals surface area contributed by atoms with E-state index in [9.17, 15) is 0 Å². The van der Waals surface area contributed by atoms with E-state index < -0.39 is 0 Å². The highest BCUT2D eigenvalue weighted by atomic mass is 15.0.